The summed E-state index contributed by atoms with van der Waals surface area (Å²) in [7, 11) is 5.65. The Morgan fingerprint density at radius 3 is 2.80 bits per heavy atom. The van der Waals surface area contributed by atoms with Crippen LogP contribution in [0.25, 0.3) is 0 Å². The number of rotatable bonds is 5. The second-order valence-corrected chi connectivity index (χ2v) is 4.00. The van der Waals surface area contributed by atoms with Crippen molar-refractivity contribution in [3.8, 4) is 0 Å². The van der Waals surface area contributed by atoms with Gasteiger partial charge in [0.1, 0.15) is 14.5 Å². The molecule has 0 heterocycles. The number of hydrogen-bond donors (Lipinski definition) is 1. The van der Waals surface area contributed by atoms with Gasteiger partial charge in [0.15, 0.2) is 0 Å². The maximum atomic E-state index is 10.2. The van der Waals surface area contributed by atoms with E-state index in [9.17, 15) is 4.79 Å². The van der Waals surface area contributed by atoms with Crippen molar-refractivity contribution in [3.63, 3.8) is 0 Å². The molecule has 0 aliphatic rings. The lowest BCUT2D eigenvalue weighted by Gasteiger charge is -2.04. The average molecular weight is 269 g/mol. The van der Waals surface area contributed by atoms with Gasteiger partial charge in [-0.25, -0.2) is 4.79 Å². The van der Waals surface area contributed by atoms with E-state index < -0.39 is 5.97 Å². The van der Waals surface area contributed by atoms with Crippen LogP contribution in [0.4, 0.5) is 0 Å². The molecular weight excluding hydrogens is 259 g/mol. The molecule has 0 fully saturated rings. The van der Waals surface area contributed by atoms with E-state index in [0.29, 0.717) is 18.5 Å². The molecule has 1 rings (SSSR count). The van der Waals surface area contributed by atoms with Crippen molar-refractivity contribution in [1.82, 2.24) is 0 Å². The van der Waals surface area contributed by atoms with Crippen molar-refractivity contribution >= 4 is 35.2 Å². The largest absolute Gasteiger partial charge is 0.480 e. The Balaban J connectivity index is 2.40. The highest BCUT2D eigenvalue weighted by Gasteiger charge is 1.99. The van der Waals surface area contributed by atoms with Crippen LogP contribution in [0.2, 0.25) is 0 Å². The highest BCUT2D eigenvalue weighted by Crippen LogP contribution is 2.10. The first kappa shape index (κ1) is 12.3. The number of carboxylic acids is 1. The fourth-order valence-corrected chi connectivity index (χ4v) is 1.73. The molecule has 0 spiro atoms. The quantitative estimate of drug-likeness (QED) is 0.637. The number of benzene rings is 1. The molecule has 78 valence electrons. The lowest BCUT2D eigenvalue weighted by atomic mass is 9.94. The monoisotopic (exact) mass is 268 g/mol. The molecular formula is C10H10BBrO3. The third kappa shape index (κ3) is 5.00. The average Bonchev–Trinajstić information content (AvgIpc) is 2.10. The number of carboxylic acid groups (broad SMARTS) is 1. The summed E-state index contributed by atoms with van der Waals surface area (Å²) in [5, 5.41) is 8.35. The fraction of sp³-hybridized carbons (Fsp3) is 0.300. The topological polar surface area (TPSA) is 46.5 Å². The molecule has 0 aromatic heterocycles. The molecule has 5 heteroatoms. The van der Waals surface area contributed by atoms with Gasteiger partial charge in [0, 0.05) is 4.47 Å². The molecule has 0 saturated heterocycles. The summed E-state index contributed by atoms with van der Waals surface area (Å²) in [5.74, 6) is -0.955. The zero-order valence-corrected chi connectivity index (χ0v) is 9.66. The van der Waals surface area contributed by atoms with Gasteiger partial charge in [-0.05, 0) is 18.1 Å². The maximum Gasteiger partial charge on any atom is 0.329 e. The van der Waals surface area contributed by atoms with Crippen LogP contribution in [0.5, 0.6) is 0 Å². The predicted molar refractivity (Wildman–Crippen MR) is 61.7 cm³/mol. The van der Waals surface area contributed by atoms with Crippen LogP contribution >= 0.6 is 15.9 Å². The van der Waals surface area contributed by atoms with Crippen molar-refractivity contribution in [1.29, 1.82) is 0 Å². The summed E-state index contributed by atoms with van der Waals surface area (Å²) >= 11 is 3.33. The minimum absolute atomic E-state index is 0.260. The molecule has 3 nitrogen and oxygen atoms in total. The number of aliphatic carboxylic acids is 1. The summed E-state index contributed by atoms with van der Waals surface area (Å²) in [6.07, 6.45) is 0.650. The van der Waals surface area contributed by atoms with E-state index in [2.05, 4.69) is 15.9 Å². The van der Waals surface area contributed by atoms with E-state index in [1.54, 1.807) is 0 Å². The summed E-state index contributed by atoms with van der Waals surface area (Å²) in [6.45, 7) is 0.117. The highest BCUT2D eigenvalue weighted by molar-refractivity contribution is 9.10. The van der Waals surface area contributed by atoms with Gasteiger partial charge < -0.3 is 9.84 Å². The third-order valence-electron chi connectivity index (χ3n) is 1.74. The van der Waals surface area contributed by atoms with Gasteiger partial charge in [-0.1, -0.05) is 33.5 Å². The van der Waals surface area contributed by atoms with Crippen LogP contribution in [0.15, 0.2) is 22.7 Å². The SMILES string of the molecule is [B]c1cc(Br)cc(CCOCC(=O)O)c1. The van der Waals surface area contributed by atoms with Gasteiger partial charge >= 0.3 is 5.97 Å². The Kier molecular flexibility index (Phi) is 4.85. The summed E-state index contributed by atoms with van der Waals surface area (Å²) in [5.41, 5.74) is 1.70. The van der Waals surface area contributed by atoms with Crippen molar-refractivity contribution in [2.45, 2.75) is 6.42 Å². The molecule has 0 bridgehead atoms. The minimum atomic E-state index is -0.955. The van der Waals surface area contributed by atoms with Crippen molar-refractivity contribution in [3.05, 3.63) is 28.2 Å². The Labute approximate surface area is 98.0 Å². The Morgan fingerprint density at radius 2 is 2.20 bits per heavy atom. The van der Waals surface area contributed by atoms with E-state index in [1.165, 1.54) is 0 Å². The van der Waals surface area contributed by atoms with E-state index >= 15 is 0 Å². The van der Waals surface area contributed by atoms with E-state index in [1.807, 2.05) is 18.2 Å². The summed E-state index contributed by atoms with van der Waals surface area (Å²) in [6, 6.07) is 5.58. The molecule has 0 amide bonds. The minimum Gasteiger partial charge on any atom is -0.480 e. The standard InChI is InChI=1S/C10H10BBrO3/c11-8-3-7(4-9(12)5-8)1-2-15-6-10(13)14/h3-5H,1-2,6H2,(H,13,14). The van der Waals surface area contributed by atoms with Crippen molar-refractivity contribution in [2.24, 2.45) is 0 Å². The van der Waals surface area contributed by atoms with Gasteiger partial charge in [-0.3, -0.25) is 0 Å². The second-order valence-electron chi connectivity index (χ2n) is 3.09. The smallest absolute Gasteiger partial charge is 0.329 e. The first-order valence-electron chi connectivity index (χ1n) is 4.42. The van der Waals surface area contributed by atoms with Crippen LogP contribution in [0.3, 0.4) is 0 Å². The predicted octanol–water partition coefficient (Wildman–Crippen LogP) is 0.887. The van der Waals surface area contributed by atoms with E-state index in [-0.39, 0.29) is 6.61 Å². The molecule has 0 saturated carbocycles. The Bertz CT molecular complexity index is 334. The van der Waals surface area contributed by atoms with Crippen LogP contribution < -0.4 is 5.46 Å². The lowest BCUT2D eigenvalue weighted by molar-refractivity contribution is -0.142. The number of carbonyl (C=O) groups is 1. The van der Waals surface area contributed by atoms with Crippen molar-refractivity contribution in [2.75, 3.05) is 13.2 Å². The van der Waals surface area contributed by atoms with Gasteiger partial charge in [0.2, 0.25) is 0 Å². The maximum absolute atomic E-state index is 10.2. The number of ether oxygens (including phenoxy) is 1. The van der Waals surface area contributed by atoms with Crippen LogP contribution in [0.1, 0.15) is 5.56 Å². The molecule has 2 radical (unpaired) electrons. The molecule has 1 aromatic carbocycles. The highest BCUT2D eigenvalue weighted by atomic mass is 79.9. The van der Waals surface area contributed by atoms with Gasteiger partial charge in [-0.15, -0.1) is 0 Å². The summed E-state index contributed by atoms with van der Waals surface area (Å²) in [4.78, 5) is 10.2. The molecule has 1 aromatic rings. The zero-order valence-electron chi connectivity index (χ0n) is 8.07. The molecule has 0 atom stereocenters. The van der Waals surface area contributed by atoms with Gasteiger partial charge in [-0.2, -0.15) is 0 Å². The van der Waals surface area contributed by atoms with Crippen LogP contribution in [-0.2, 0) is 16.0 Å². The molecule has 0 unspecified atom stereocenters. The summed E-state index contributed by atoms with van der Waals surface area (Å²) < 4.78 is 5.84. The Hall–Kier alpha value is -0.805. The van der Waals surface area contributed by atoms with Crippen LogP contribution in [-0.4, -0.2) is 32.1 Å². The van der Waals surface area contributed by atoms with Gasteiger partial charge in [0.25, 0.3) is 0 Å². The Morgan fingerprint density at radius 1 is 1.47 bits per heavy atom. The number of halogens is 1. The fourth-order valence-electron chi connectivity index (χ4n) is 1.17. The normalized spacial score (nSPS) is 10.2. The van der Waals surface area contributed by atoms with E-state index in [4.69, 9.17) is 17.7 Å². The molecule has 0 aliphatic carbocycles. The third-order valence-corrected chi connectivity index (χ3v) is 2.20. The molecule has 15 heavy (non-hydrogen) atoms. The van der Waals surface area contributed by atoms with Gasteiger partial charge in [0.05, 0.1) is 6.61 Å². The zero-order chi connectivity index (χ0) is 11.3. The first-order valence-corrected chi connectivity index (χ1v) is 5.21. The second kappa shape index (κ2) is 5.93. The molecule has 1 N–H and O–H groups in total. The molecule has 0 aliphatic heterocycles. The lowest BCUT2D eigenvalue weighted by Crippen LogP contribution is -2.10. The van der Waals surface area contributed by atoms with Crippen molar-refractivity contribution < 1.29 is 14.6 Å². The number of hydrogen-bond acceptors (Lipinski definition) is 2. The van der Waals surface area contributed by atoms with E-state index in [0.717, 1.165) is 10.0 Å². The van der Waals surface area contributed by atoms with Crippen LogP contribution in [0, 0.1) is 0 Å². The first-order chi connectivity index (χ1) is 7.08.